The second-order valence-electron chi connectivity index (χ2n) is 6.46. The lowest BCUT2D eigenvalue weighted by Gasteiger charge is -2.12. The number of amides is 1. The van der Waals surface area contributed by atoms with E-state index in [0.29, 0.717) is 22.8 Å². The van der Waals surface area contributed by atoms with Crippen molar-refractivity contribution < 1.29 is 19.0 Å². The van der Waals surface area contributed by atoms with Crippen molar-refractivity contribution >= 4 is 34.8 Å². The van der Waals surface area contributed by atoms with Crippen LogP contribution in [0.25, 0.3) is 10.9 Å². The normalized spacial score (nSPS) is 11.0. The Hall–Kier alpha value is -3.46. The van der Waals surface area contributed by atoms with Crippen molar-refractivity contribution in [3.8, 4) is 17.2 Å². The van der Waals surface area contributed by atoms with Crippen molar-refractivity contribution in [1.29, 1.82) is 0 Å². The molecule has 0 saturated heterocycles. The molecular weight excluding hydrogens is 418 g/mol. The molecule has 1 N–H and O–H groups in total. The number of aryl methyl sites for hydroxylation is 1. The average Bonchev–Trinajstić information content (AvgIpc) is 2.79. The number of nitrogens with zero attached hydrogens (tertiary/aromatic N) is 2. The number of benzene rings is 2. The van der Waals surface area contributed by atoms with Gasteiger partial charge in [0.1, 0.15) is 0 Å². The largest absolute Gasteiger partial charge is 0.493 e. The number of carbonyl (C=O) groups excluding carboxylic acids is 1. The number of nitrogens with one attached hydrogen (secondary N) is 1. The lowest BCUT2D eigenvalue weighted by molar-refractivity contribution is -0.118. The zero-order valence-corrected chi connectivity index (χ0v) is 18.5. The molecule has 0 spiro atoms. The number of hydrogen-bond acceptors (Lipinski definition) is 7. The molecule has 2 aromatic carbocycles. The predicted molar refractivity (Wildman–Crippen MR) is 122 cm³/mol. The molecule has 1 heterocycles. The Labute approximate surface area is 183 Å². The number of rotatable bonds is 8. The fourth-order valence-electron chi connectivity index (χ4n) is 3.03. The highest BCUT2D eigenvalue weighted by Gasteiger charge is 2.13. The minimum absolute atomic E-state index is 0.115. The third kappa shape index (κ3) is 5.00. The minimum Gasteiger partial charge on any atom is -0.493 e. The molecule has 1 aromatic heterocycles. The molecule has 3 rings (SSSR count). The molecular formula is C22H23N3O5S. The van der Waals surface area contributed by atoms with Gasteiger partial charge in [0.25, 0.3) is 5.56 Å². The standard InChI is InChI=1S/C22H23N3O5S/c1-25-16-8-6-5-7-15(16)19(11-21(25)27)31-13-20(26)24-23-12-14-9-17(28-2)22(30-4)18(10-14)29-3/h5-12H,13H2,1-4H3,(H,24,26)/b23-12+. The molecule has 0 bridgehead atoms. The first-order chi connectivity index (χ1) is 15.0. The summed E-state index contributed by atoms with van der Waals surface area (Å²) in [6, 6.07) is 12.6. The Morgan fingerprint density at radius 2 is 1.77 bits per heavy atom. The first kappa shape index (κ1) is 22.2. The summed E-state index contributed by atoms with van der Waals surface area (Å²) in [7, 11) is 6.30. The fourth-order valence-corrected chi connectivity index (χ4v) is 3.89. The van der Waals surface area contributed by atoms with Crippen LogP contribution in [0.1, 0.15) is 5.56 Å². The van der Waals surface area contributed by atoms with Crippen LogP contribution in [0.2, 0.25) is 0 Å². The molecule has 9 heteroatoms. The summed E-state index contributed by atoms with van der Waals surface area (Å²) in [5, 5.41) is 4.92. The predicted octanol–water partition coefficient (Wildman–Crippen LogP) is 2.81. The highest BCUT2D eigenvalue weighted by molar-refractivity contribution is 8.00. The molecule has 3 aromatic rings. The van der Waals surface area contributed by atoms with Crippen LogP contribution in [0.3, 0.4) is 0 Å². The van der Waals surface area contributed by atoms with Crippen LogP contribution < -0.4 is 25.2 Å². The summed E-state index contributed by atoms with van der Waals surface area (Å²) < 4.78 is 17.5. The molecule has 0 unspecified atom stereocenters. The van der Waals surface area contributed by atoms with Gasteiger partial charge in [0, 0.05) is 29.0 Å². The van der Waals surface area contributed by atoms with Crippen molar-refractivity contribution in [2.45, 2.75) is 4.90 Å². The summed E-state index contributed by atoms with van der Waals surface area (Å²) in [5.41, 5.74) is 3.85. The number of pyridine rings is 1. The van der Waals surface area contributed by atoms with Gasteiger partial charge in [0.2, 0.25) is 11.7 Å². The van der Waals surface area contributed by atoms with E-state index < -0.39 is 0 Å². The Balaban J connectivity index is 1.68. The number of para-hydroxylation sites is 1. The highest BCUT2D eigenvalue weighted by atomic mass is 32.2. The molecule has 0 aliphatic rings. The number of aromatic nitrogens is 1. The van der Waals surface area contributed by atoms with Gasteiger partial charge in [-0.1, -0.05) is 18.2 Å². The topological polar surface area (TPSA) is 91.2 Å². The van der Waals surface area contributed by atoms with Gasteiger partial charge in [-0.3, -0.25) is 9.59 Å². The van der Waals surface area contributed by atoms with Crippen molar-refractivity contribution in [3.05, 3.63) is 58.4 Å². The average molecular weight is 442 g/mol. The van der Waals surface area contributed by atoms with Gasteiger partial charge < -0.3 is 18.8 Å². The number of hydrazone groups is 1. The Kier molecular flexibility index (Phi) is 7.19. The Bertz CT molecular complexity index is 1160. The number of hydrogen-bond donors (Lipinski definition) is 1. The number of ether oxygens (including phenoxy) is 3. The third-order valence-corrected chi connectivity index (χ3v) is 5.62. The van der Waals surface area contributed by atoms with E-state index in [-0.39, 0.29) is 17.2 Å². The number of fused-ring (bicyclic) bond motifs is 1. The molecule has 8 nitrogen and oxygen atoms in total. The van der Waals surface area contributed by atoms with Gasteiger partial charge in [0.05, 0.1) is 38.8 Å². The van der Waals surface area contributed by atoms with Crippen LogP contribution in [-0.2, 0) is 11.8 Å². The lowest BCUT2D eigenvalue weighted by atomic mass is 10.2. The summed E-state index contributed by atoms with van der Waals surface area (Å²) >= 11 is 1.29. The molecule has 0 aliphatic carbocycles. The number of carbonyl (C=O) groups is 1. The van der Waals surface area contributed by atoms with E-state index in [1.54, 1.807) is 29.8 Å². The van der Waals surface area contributed by atoms with Crippen LogP contribution in [-0.4, -0.2) is 43.8 Å². The SMILES string of the molecule is COc1cc(/C=N/NC(=O)CSc2cc(=O)n(C)c3ccccc23)cc(OC)c1OC. The number of methoxy groups -OCH3 is 3. The van der Waals surface area contributed by atoms with Crippen LogP contribution in [0.5, 0.6) is 17.2 Å². The molecule has 0 aliphatic heterocycles. The maximum Gasteiger partial charge on any atom is 0.251 e. The zero-order chi connectivity index (χ0) is 22.4. The van der Waals surface area contributed by atoms with E-state index in [1.807, 2.05) is 24.3 Å². The summed E-state index contributed by atoms with van der Waals surface area (Å²) in [5.74, 6) is 1.27. The third-order valence-electron chi connectivity index (χ3n) is 4.56. The van der Waals surface area contributed by atoms with Gasteiger partial charge in [0.15, 0.2) is 11.5 Å². The van der Waals surface area contributed by atoms with E-state index in [9.17, 15) is 9.59 Å². The first-order valence-electron chi connectivity index (χ1n) is 9.32. The molecule has 162 valence electrons. The fraction of sp³-hybridized carbons (Fsp3) is 0.227. The molecule has 0 radical (unpaired) electrons. The van der Waals surface area contributed by atoms with Crippen molar-refractivity contribution in [3.63, 3.8) is 0 Å². The summed E-state index contributed by atoms with van der Waals surface area (Å²) in [4.78, 5) is 25.2. The van der Waals surface area contributed by atoms with Crippen LogP contribution in [0, 0.1) is 0 Å². The van der Waals surface area contributed by atoms with Crippen molar-refractivity contribution in [1.82, 2.24) is 9.99 Å². The van der Waals surface area contributed by atoms with Gasteiger partial charge >= 0.3 is 0 Å². The van der Waals surface area contributed by atoms with Crippen LogP contribution in [0.15, 0.2) is 57.3 Å². The molecule has 31 heavy (non-hydrogen) atoms. The van der Waals surface area contributed by atoms with Crippen molar-refractivity contribution in [2.75, 3.05) is 27.1 Å². The monoisotopic (exact) mass is 441 g/mol. The second-order valence-corrected chi connectivity index (χ2v) is 7.48. The first-order valence-corrected chi connectivity index (χ1v) is 10.3. The van der Waals surface area contributed by atoms with Crippen molar-refractivity contribution in [2.24, 2.45) is 12.1 Å². The second kappa shape index (κ2) is 10.0. The van der Waals surface area contributed by atoms with Gasteiger partial charge in [-0.05, 0) is 18.2 Å². The molecule has 0 atom stereocenters. The molecule has 1 amide bonds. The smallest absolute Gasteiger partial charge is 0.251 e. The Morgan fingerprint density at radius 1 is 1.10 bits per heavy atom. The van der Waals surface area contributed by atoms with E-state index in [2.05, 4.69) is 10.5 Å². The molecule has 0 fully saturated rings. The minimum atomic E-state index is -0.293. The lowest BCUT2D eigenvalue weighted by Crippen LogP contribution is -2.20. The number of thioether (sulfide) groups is 1. The van der Waals surface area contributed by atoms with E-state index >= 15 is 0 Å². The van der Waals surface area contributed by atoms with Gasteiger partial charge in [-0.25, -0.2) is 5.43 Å². The quantitative estimate of drug-likeness (QED) is 0.328. The summed E-state index contributed by atoms with van der Waals surface area (Å²) in [6.45, 7) is 0. The maximum atomic E-state index is 12.2. The maximum absolute atomic E-state index is 12.2. The Morgan fingerprint density at radius 3 is 2.42 bits per heavy atom. The highest BCUT2D eigenvalue weighted by Crippen LogP contribution is 2.37. The van der Waals surface area contributed by atoms with E-state index in [1.165, 1.54) is 39.3 Å². The van der Waals surface area contributed by atoms with Gasteiger partial charge in [-0.15, -0.1) is 11.8 Å². The van der Waals surface area contributed by atoms with Crippen LogP contribution >= 0.6 is 11.8 Å². The van der Waals surface area contributed by atoms with Crippen LogP contribution in [0.4, 0.5) is 0 Å². The van der Waals surface area contributed by atoms with Gasteiger partial charge in [-0.2, -0.15) is 5.10 Å². The van der Waals surface area contributed by atoms with E-state index in [0.717, 1.165) is 15.8 Å². The molecule has 0 saturated carbocycles. The van der Waals surface area contributed by atoms with E-state index in [4.69, 9.17) is 14.2 Å². The zero-order valence-electron chi connectivity index (χ0n) is 17.7. The summed E-state index contributed by atoms with van der Waals surface area (Å²) in [6.07, 6.45) is 1.49.